The molecule has 4 nitrogen and oxygen atoms in total. The summed E-state index contributed by atoms with van der Waals surface area (Å²) in [6, 6.07) is 6.64. The smallest absolute Gasteiger partial charge is 0.227 e. The molecule has 2 rings (SSSR count). The van der Waals surface area contributed by atoms with E-state index in [-0.39, 0.29) is 17.6 Å². The molecule has 24 heavy (non-hydrogen) atoms. The number of nitrogens with zero attached hydrogens (tertiary/aromatic N) is 2. The zero-order chi connectivity index (χ0) is 17.7. The van der Waals surface area contributed by atoms with Gasteiger partial charge >= 0.3 is 0 Å². The highest BCUT2D eigenvalue weighted by Crippen LogP contribution is 2.22. The van der Waals surface area contributed by atoms with Crippen molar-refractivity contribution in [2.45, 2.75) is 45.8 Å². The van der Waals surface area contributed by atoms with Crippen LogP contribution < -0.4 is 0 Å². The Morgan fingerprint density at radius 3 is 2.83 bits per heavy atom. The van der Waals surface area contributed by atoms with Gasteiger partial charge in [0.15, 0.2) is 0 Å². The van der Waals surface area contributed by atoms with E-state index < -0.39 is 5.60 Å². The van der Waals surface area contributed by atoms with Crippen molar-refractivity contribution >= 4 is 5.91 Å². The van der Waals surface area contributed by atoms with Gasteiger partial charge in [-0.3, -0.25) is 9.69 Å². The second-order valence-electron chi connectivity index (χ2n) is 7.37. The number of benzene rings is 1. The van der Waals surface area contributed by atoms with Crippen molar-refractivity contribution in [3.8, 4) is 0 Å². The van der Waals surface area contributed by atoms with Gasteiger partial charge in [-0.15, -0.1) is 0 Å². The molecule has 1 aliphatic heterocycles. The minimum Gasteiger partial charge on any atom is -0.389 e. The third-order valence-electron chi connectivity index (χ3n) is 4.42. The normalized spacial score (nSPS) is 19.3. The maximum Gasteiger partial charge on any atom is 0.227 e. The quantitative estimate of drug-likeness (QED) is 0.868. The second kappa shape index (κ2) is 8.08. The Morgan fingerprint density at radius 2 is 2.21 bits per heavy atom. The molecule has 0 aromatic heterocycles. The molecule has 0 radical (unpaired) electrons. The van der Waals surface area contributed by atoms with Gasteiger partial charge in [0, 0.05) is 26.2 Å². The van der Waals surface area contributed by atoms with E-state index >= 15 is 0 Å². The van der Waals surface area contributed by atoms with E-state index in [2.05, 4.69) is 4.90 Å². The number of rotatable bonds is 6. The molecule has 1 saturated heterocycles. The van der Waals surface area contributed by atoms with E-state index in [1.165, 1.54) is 6.07 Å². The standard InChI is InChI=1S/C19H29FN2O2/c1-4-22(14-19(2,3)24)18(23)16-8-6-10-21(13-16)12-15-7-5-9-17(20)11-15/h5,7,9,11,16,24H,4,6,8,10,12-14H2,1-3H3. The Labute approximate surface area is 144 Å². The minimum absolute atomic E-state index is 0.0467. The summed E-state index contributed by atoms with van der Waals surface area (Å²) >= 11 is 0. The Morgan fingerprint density at radius 1 is 1.46 bits per heavy atom. The van der Waals surface area contributed by atoms with Crippen molar-refractivity contribution in [2.24, 2.45) is 5.92 Å². The predicted octanol–water partition coefficient (Wildman–Crippen LogP) is 2.66. The predicted molar refractivity (Wildman–Crippen MR) is 93.0 cm³/mol. The molecule has 1 fully saturated rings. The fourth-order valence-electron chi connectivity index (χ4n) is 3.37. The summed E-state index contributed by atoms with van der Waals surface area (Å²) in [5, 5.41) is 10.00. The van der Waals surface area contributed by atoms with Crippen LogP contribution in [0.25, 0.3) is 0 Å². The van der Waals surface area contributed by atoms with Crippen LogP contribution in [0.15, 0.2) is 24.3 Å². The number of carbonyl (C=O) groups is 1. The van der Waals surface area contributed by atoms with E-state index in [0.29, 0.717) is 26.2 Å². The van der Waals surface area contributed by atoms with E-state index in [1.54, 1.807) is 30.9 Å². The molecule has 134 valence electrons. The van der Waals surface area contributed by atoms with E-state index in [9.17, 15) is 14.3 Å². The first-order valence-corrected chi connectivity index (χ1v) is 8.76. The molecule has 0 aliphatic carbocycles. The maximum absolute atomic E-state index is 13.3. The van der Waals surface area contributed by atoms with Crippen molar-refractivity contribution in [2.75, 3.05) is 26.2 Å². The molecule has 1 unspecified atom stereocenters. The molecule has 5 heteroatoms. The molecule has 0 bridgehead atoms. The number of likely N-dealkylation sites (tertiary alicyclic amines) is 1. The number of carbonyl (C=O) groups excluding carboxylic acids is 1. The highest BCUT2D eigenvalue weighted by Gasteiger charge is 2.30. The Hall–Kier alpha value is -1.46. The summed E-state index contributed by atoms with van der Waals surface area (Å²) in [5.41, 5.74) is 0.0497. The van der Waals surface area contributed by atoms with Crippen LogP contribution in [0.4, 0.5) is 4.39 Å². The van der Waals surface area contributed by atoms with Gasteiger partial charge in [0.25, 0.3) is 0 Å². The summed E-state index contributed by atoms with van der Waals surface area (Å²) in [5.74, 6) is -0.155. The lowest BCUT2D eigenvalue weighted by molar-refractivity contribution is -0.140. The highest BCUT2D eigenvalue weighted by molar-refractivity contribution is 5.79. The highest BCUT2D eigenvalue weighted by atomic mass is 19.1. The molecule has 1 amide bonds. The van der Waals surface area contributed by atoms with E-state index in [0.717, 1.165) is 24.9 Å². The summed E-state index contributed by atoms with van der Waals surface area (Å²) < 4.78 is 13.3. The third kappa shape index (κ3) is 5.56. The lowest BCUT2D eigenvalue weighted by atomic mass is 9.95. The van der Waals surface area contributed by atoms with Gasteiger partial charge < -0.3 is 10.0 Å². The van der Waals surface area contributed by atoms with Crippen molar-refractivity contribution in [3.05, 3.63) is 35.6 Å². The largest absolute Gasteiger partial charge is 0.389 e. The van der Waals surface area contributed by atoms with Crippen molar-refractivity contribution in [1.82, 2.24) is 9.80 Å². The van der Waals surface area contributed by atoms with Gasteiger partial charge in [0.2, 0.25) is 5.91 Å². The van der Waals surface area contributed by atoms with Crippen LogP contribution in [0.5, 0.6) is 0 Å². The Balaban J connectivity index is 1.97. The molecule has 1 atom stereocenters. The van der Waals surface area contributed by atoms with Crippen LogP contribution in [0, 0.1) is 11.7 Å². The average Bonchev–Trinajstić information content (AvgIpc) is 2.51. The first-order valence-electron chi connectivity index (χ1n) is 8.76. The molecule has 1 aromatic carbocycles. The average molecular weight is 336 g/mol. The number of halogens is 1. The first kappa shape index (κ1) is 18.9. The minimum atomic E-state index is -0.887. The number of piperidine rings is 1. The summed E-state index contributed by atoms with van der Waals surface area (Å²) in [4.78, 5) is 16.8. The van der Waals surface area contributed by atoms with Gasteiger partial charge in [-0.1, -0.05) is 12.1 Å². The lowest BCUT2D eigenvalue weighted by Gasteiger charge is -2.36. The zero-order valence-electron chi connectivity index (χ0n) is 15.0. The van der Waals surface area contributed by atoms with Crippen molar-refractivity contribution in [1.29, 1.82) is 0 Å². The SMILES string of the molecule is CCN(CC(C)(C)O)C(=O)C1CCCN(Cc2cccc(F)c2)C1. The van der Waals surface area contributed by atoms with Crippen LogP contribution in [0.1, 0.15) is 39.2 Å². The third-order valence-corrected chi connectivity index (χ3v) is 4.42. The maximum atomic E-state index is 13.3. The van der Waals surface area contributed by atoms with Gasteiger partial charge in [-0.05, 0) is 57.9 Å². The van der Waals surface area contributed by atoms with E-state index in [4.69, 9.17) is 0 Å². The molecule has 1 aromatic rings. The number of hydrogen-bond donors (Lipinski definition) is 1. The number of likely N-dealkylation sites (N-methyl/N-ethyl adjacent to an activating group) is 1. The summed E-state index contributed by atoms with van der Waals surface area (Å²) in [6.07, 6.45) is 1.84. The van der Waals surface area contributed by atoms with Crippen molar-refractivity contribution < 1.29 is 14.3 Å². The molecule has 0 saturated carbocycles. The van der Waals surface area contributed by atoms with Crippen LogP contribution in [0.3, 0.4) is 0 Å². The fourth-order valence-corrected chi connectivity index (χ4v) is 3.37. The molecule has 1 aliphatic rings. The first-order chi connectivity index (χ1) is 11.3. The topological polar surface area (TPSA) is 43.8 Å². The molecular formula is C19H29FN2O2. The molecular weight excluding hydrogens is 307 g/mol. The Kier molecular flexibility index (Phi) is 6.35. The van der Waals surface area contributed by atoms with E-state index in [1.807, 2.05) is 13.0 Å². The van der Waals surface area contributed by atoms with Gasteiger partial charge in [-0.2, -0.15) is 0 Å². The monoisotopic (exact) mass is 336 g/mol. The van der Waals surface area contributed by atoms with Gasteiger partial charge in [-0.25, -0.2) is 4.39 Å². The number of amides is 1. The van der Waals surface area contributed by atoms with Gasteiger partial charge in [0.05, 0.1) is 11.5 Å². The summed E-state index contributed by atoms with van der Waals surface area (Å²) in [6.45, 7) is 8.62. The van der Waals surface area contributed by atoms with Crippen LogP contribution in [0.2, 0.25) is 0 Å². The molecule has 0 spiro atoms. The zero-order valence-corrected chi connectivity index (χ0v) is 15.0. The molecule has 1 N–H and O–H groups in total. The number of hydrogen-bond acceptors (Lipinski definition) is 3. The second-order valence-corrected chi connectivity index (χ2v) is 7.37. The summed E-state index contributed by atoms with van der Waals surface area (Å²) in [7, 11) is 0. The Bertz CT molecular complexity index is 557. The van der Waals surface area contributed by atoms with Gasteiger partial charge in [0.1, 0.15) is 5.82 Å². The van der Waals surface area contributed by atoms with Crippen molar-refractivity contribution in [3.63, 3.8) is 0 Å². The number of aliphatic hydroxyl groups is 1. The van der Waals surface area contributed by atoms with Crippen LogP contribution in [-0.4, -0.2) is 52.6 Å². The van der Waals surface area contributed by atoms with Crippen LogP contribution >= 0.6 is 0 Å². The molecule has 1 heterocycles. The van der Waals surface area contributed by atoms with Crippen LogP contribution in [-0.2, 0) is 11.3 Å². The fraction of sp³-hybridized carbons (Fsp3) is 0.632. The lowest BCUT2D eigenvalue weighted by Crippen LogP contribution is -2.48.